The third-order valence-electron chi connectivity index (χ3n) is 3.06. The number of anilines is 1. The Balaban J connectivity index is 1.82. The van der Waals surface area contributed by atoms with Crippen molar-refractivity contribution in [1.29, 1.82) is 0 Å². The first kappa shape index (κ1) is 15.5. The molecule has 0 unspecified atom stereocenters. The van der Waals surface area contributed by atoms with Crippen LogP contribution in [0.1, 0.15) is 0 Å². The molecule has 3 aromatic rings. The highest BCUT2D eigenvalue weighted by Crippen LogP contribution is 2.19. The van der Waals surface area contributed by atoms with E-state index in [1.807, 2.05) is 30.3 Å². The van der Waals surface area contributed by atoms with Crippen LogP contribution in [0.3, 0.4) is 0 Å². The summed E-state index contributed by atoms with van der Waals surface area (Å²) in [5.41, 5.74) is 1.15. The highest BCUT2D eigenvalue weighted by molar-refractivity contribution is 7.92. The van der Waals surface area contributed by atoms with Gasteiger partial charge >= 0.3 is 0 Å². The van der Waals surface area contributed by atoms with Crippen molar-refractivity contribution in [3.05, 3.63) is 72.0 Å². The van der Waals surface area contributed by atoms with Gasteiger partial charge in [0.2, 0.25) is 0 Å². The van der Waals surface area contributed by atoms with Crippen molar-refractivity contribution in [3.63, 3.8) is 0 Å². The minimum Gasteiger partial charge on any atom is -0.276 e. The van der Waals surface area contributed by atoms with E-state index in [-0.39, 0.29) is 4.90 Å². The summed E-state index contributed by atoms with van der Waals surface area (Å²) in [6.07, 6.45) is 2.87. The van der Waals surface area contributed by atoms with Gasteiger partial charge in [0.25, 0.3) is 10.0 Å². The first-order chi connectivity index (χ1) is 11.0. The lowest BCUT2D eigenvalue weighted by Gasteiger charge is -2.08. The van der Waals surface area contributed by atoms with Crippen LogP contribution in [-0.4, -0.2) is 18.4 Å². The fraction of sp³-hybridized carbons (Fsp3) is 0. The van der Waals surface area contributed by atoms with E-state index < -0.39 is 10.0 Å². The monoisotopic (exact) mass is 345 g/mol. The molecule has 1 N–H and O–H groups in total. The van der Waals surface area contributed by atoms with Gasteiger partial charge in [-0.05, 0) is 24.3 Å². The molecule has 0 saturated carbocycles. The van der Waals surface area contributed by atoms with Crippen molar-refractivity contribution in [1.82, 2.24) is 9.97 Å². The fourth-order valence-electron chi connectivity index (χ4n) is 1.94. The summed E-state index contributed by atoms with van der Waals surface area (Å²) in [7, 11) is -3.70. The summed E-state index contributed by atoms with van der Waals surface area (Å²) in [4.78, 5) is 8.48. The minimum atomic E-state index is -3.70. The van der Waals surface area contributed by atoms with Crippen LogP contribution < -0.4 is 4.72 Å². The molecule has 3 rings (SSSR count). The molecular formula is C16H12ClN3O2S. The van der Waals surface area contributed by atoms with Crippen molar-refractivity contribution in [3.8, 4) is 11.4 Å². The first-order valence-electron chi connectivity index (χ1n) is 6.70. The van der Waals surface area contributed by atoms with E-state index in [9.17, 15) is 8.42 Å². The van der Waals surface area contributed by atoms with Crippen LogP contribution in [0.4, 0.5) is 5.69 Å². The van der Waals surface area contributed by atoms with Crippen molar-refractivity contribution in [2.45, 2.75) is 4.90 Å². The van der Waals surface area contributed by atoms with Crippen LogP contribution in [0.2, 0.25) is 5.02 Å². The van der Waals surface area contributed by atoms with Crippen LogP contribution in [-0.2, 0) is 10.0 Å². The Hall–Kier alpha value is -2.44. The lowest BCUT2D eigenvalue weighted by molar-refractivity contribution is 0.601. The standard InChI is InChI=1S/C16H12ClN3O2S/c17-13-6-8-15(9-7-13)23(21,22)20-14-10-18-16(19-11-14)12-4-2-1-3-5-12/h1-11,20H. The molecule has 5 nitrogen and oxygen atoms in total. The van der Waals surface area contributed by atoms with Gasteiger partial charge in [-0.3, -0.25) is 4.72 Å². The smallest absolute Gasteiger partial charge is 0.261 e. The molecule has 0 aliphatic rings. The van der Waals surface area contributed by atoms with E-state index in [0.717, 1.165) is 5.56 Å². The van der Waals surface area contributed by atoms with Crippen molar-refractivity contribution in [2.24, 2.45) is 0 Å². The fourth-order valence-corrected chi connectivity index (χ4v) is 3.10. The van der Waals surface area contributed by atoms with Gasteiger partial charge in [0.05, 0.1) is 23.0 Å². The normalized spacial score (nSPS) is 11.2. The quantitative estimate of drug-likeness (QED) is 0.784. The zero-order chi connectivity index (χ0) is 16.3. The first-order valence-corrected chi connectivity index (χ1v) is 8.56. The maximum absolute atomic E-state index is 12.3. The largest absolute Gasteiger partial charge is 0.276 e. The van der Waals surface area contributed by atoms with Gasteiger partial charge in [-0.1, -0.05) is 41.9 Å². The highest BCUT2D eigenvalue weighted by Gasteiger charge is 2.14. The number of hydrogen-bond donors (Lipinski definition) is 1. The van der Waals surface area contributed by atoms with Crippen molar-refractivity contribution in [2.75, 3.05) is 4.72 Å². The summed E-state index contributed by atoms with van der Waals surface area (Å²) >= 11 is 5.76. The van der Waals surface area contributed by atoms with E-state index in [0.29, 0.717) is 16.5 Å². The molecule has 0 aliphatic carbocycles. The third kappa shape index (κ3) is 3.67. The molecule has 0 amide bonds. The van der Waals surface area contributed by atoms with Crippen molar-refractivity contribution >= 4 is 27.3 Å². The highest BCUT2D eigenvalue weighted by atomic mass is 35.5. The second-order valence-corrected chi connectivity index (χ2v) is 6.84. The molecule has 0 atom stereocenters. The summed E-state index contributed by atoms with van der Waals surface area (Å²) in [6, 6.07) is 15.3. The Morgan fingerprint density at radius 1 is 0.870 bits per heavy atom. The SMILES string of the molecule is O=S(=O)(Nc1cnc(-c2ccccc2)nc1)c1ccc(Cl)cc1. The van der Waals surface area contributed by atoms with E-state index in [1.165, 1.54) is 36.7 Å². The molecule has 23 heavy (non-hydrogen) atoms. The number of nitrogens with zero attached hydrogens (tertiary/aromatic N) is 2. The molecule has 7 heteroatoms. The molecule has 1 heterocycles. The lowest BCUT2D eigenvalue weighted by Crippen LogP contribution is -2.13. The van der Waals surface area contributed by atoms with Gasteiger partial charge in [0.15, 0.2) is 5.82 Å². The molecule has 0 saturated heterocycles. The Kier molecular flexibility index (Phi) is 4.27. The Morgan fingerprint density at radius 2 is 1.48 bits per heavy atom. The molecule has 0 fully saturated rings. The van der Waals surface area contributed by atoms with Crippen LogP contribution in [0.15, 0.2) is 71.9 Å². The van der Waals surface area contributed by atoms with Crippen molar-refractivity contribution < 1.29 is 8.42 Å². The minimum absolute atomic E-state index is 0.119. The number of benzene rings is 2. The average Bonchev–Trinajstić information content (AvgIpc) is 2.56. The lowest BCUT2D eigenvalue weighted by atomic mass is 10.2. The number of hydrogen-bond acceptors (Lipinski definition) is 4. The van der Waals surface area contributed by atoms with E-state index in [4.69, 9.17) is 11.6 Å². The number of aromatic nitrogens is 2. The van der Waals surface area contributed by atoms with Gasteiger partial charge in [-0.25, -0.2) is 18.4 Å². The predicted octanol–water partition coefficient (Wildman–Crippen LogP) is 3.60. The molecule has 1 aromatic heterocycles. The van der Waals surface area contributed by atoms with Crippen LogP contribution >= 0.6 is 11.6 Å². The summed E-state index contributed by atoms with van der Waals surface area (Å²) < 4.78 is 27.0. The summed E-state index contributed by atoms with van der Waals surface area (Å²) in [5, 5.41) is 0.472. The molecule has 116 valence electrons. The van der Waals surface area contributed by atoms with Crippen LogP contribution in [0, 0.1) is 0 Å². The molecule has 0 radical (unpaired) electrons. The number of rotatable bonds is 4. The maximum Gasteiger partial charge on any atom is 0.261 e. The molecule has 0 aliphatic heterocycles. The third-order valence-corrected chi connectivity index (χ3v) is 4.71. The van der Waals surface area contributed by atoms with E-state index in [1.54, 1.807) is 0 Å². The van der Waals surface area contributed by atoms with Gasteiger partial charge in [-0.15, -0.1) is 0 Å². The Morgan fingerprint density at radius 3 is 2.09 bits per heavy atom. The zero-order valence-electron chi connectivity index (χ0n) is 11.8. The topological polar surface area (TPSA) is 72.0 Å². The predicted molar refractivity (Wildman–Crippen MR) is 89.7 cm³/mol. The van der Waals surface area contributed by atoms with Crippen LogP contribution in [0.5, 0.6) is 0 Å². The molecule has 2 aromatic carbocycles. The van der Waals surface area contributed by atoms with Crippen LogP contribution in [0.25, 0.3) is 11.4 Å². The van der Waals surface area contributed by atoms with E-state index >= 15 is 0 Å². The van der Waals surface area contributed by atoms with Gasteiger partial charge < -0.3 is 0 Å². The molecule has 0 bridgehead atoms. The Bertz CT molecular complexity index is 896. The molecular weight excluding hydrogens is 334 g/mol. The molecule has 0 spiro atoms. The number of nitrogens with one attached hydrogen (secondary N) is 1. The second kappa shape index (κ2) is 6.36. The summed E-state index contributed by atoms with van der Waals surface area (Å²) in [5.74, 6) is 0.528. The average molecular weight is 346 g/mol. The summed E-state index contributed by atoms with van der Waals surface area (Å²) in [6.45, 7) is 0. The van der Waals surface area contributed by atoms with Gasteiger partial charge in [0, 0.05) is 10.6 Å². The van der Waals surface area contributed by atoms with Gasteiger partial charge in [0.1, 0.15) is 0 Å². The number of sulfonamides is 1. The second-order valence-electron chi connectivity index (χ2n) is 4.72. The Labute approximate surface area is 139 Å². The van der Waals surface area contributed by atoms with Gasteiger partial charge in [-0.2, -0.15) is 0 Å². The van der Waals surface area contributed by atoms with E-state index in [2.05, 4.69) is 14.7 Å². The maximum atomic E-state index is 12.3. The number of halogens is 1. The zero-order valence-corrected chi connectivity index (χ0v) is 13.4.